The Morgan fingerprint density at radius 2 is 1.94 bits per heavy atom. The van der Waals surface area contributed by atoms with Crippen LogP contribution >= 0.6 is 27.5 Å². The number of nitrogens with one attached hydrogen (secondary N) is 1. The Labute approximate surface area is 225 Å². The Morgan fingerprint density at radius 1 is 1.28 bits per heavy atom. The molecule has 3 N–H and O–H groups in total. The zero-order valence-electron chi connectivity index (χ0n) is 20.8. The molecule has 0 aromatic heterocycles. The molecule has 0 saturated carbocycles. The SMILES string of the molecule is CC(C)(C)C[C@@H]1N[C@@H](C(=O)CCC[C@H](O)CO)[C@H](c2cccc(Cl)c2F)[C@@]1(C#N)c1ccc(Br)cc1. The molecule has 0 amide bonds. The van der Waals surface area contributed by atoms with Crippen molar-refractivity contribution in [3.63, 3.8) is 0 Å². The molecule has 0 bridgehead atoms. The fourth-order valence-corrected chi connectivity index (χ4v) is 5.74. The van der Waals surface area contributed by atoms with E-state index in [0.29, 0.717) is 18.4 Å². The van der Waals surface area contributed by atoms with Gasteiger partial charge in [0.15, 0.2) is 0 Å². The van der Waals surface area contributed by atoms with Gasteiger partial charge in [-0.15, -0.1) is 0 Å². The zero-order chi connectivity index (χ0) is 26.7. The highest BCUT2D eigenvalue weighted by atomic mass is 79.9. The Morgan fingerprint density at radius 3 is 2.53 bits per heavy atom. The summed E-state index contributed by atoms with van der Waals surface area (Å²) in [5.41, 5.74) is -0.505. The number of Topliss-reactive ketones (excluding diaryl/α,β-unsaturated/α-hetero) is 1. The minimum absolute atomic E-state index is 0.0633. The van der Waals surface area contributed by atoms with E-state index in [2.05, 4.69) is 48.1 Å². The van der Waals surface area contributed by atoms with Crippen molar-refractivity contribution >= 4 is 33.3 Å². The van der Waals surface area contributed by atoms with Crippen molar-refractivity contribution in [1.82, 2.24) is 5.32 Å². The topological polar surface area (TPSA) is 93.3 Å². The lowest BCUT2D eigenvalue weighted by molar-refractivity contribution is -0.121. The van der Waals surface area contributed by atoms with E-state index < -0.39 is 35.3 Å². The van der Waals surface area contributed by atoms with Crippen LogP contribution in [-0.4, -0.2) is 40.8 Å². The zero-order valence-corrected chi connectivity index (χ0v) is 23.1. The number of hydrogen-bond donors (Lipinski definition) is 3. The van der Waals surface area contributed by atoms with Gasteiger partial charge in [0.1, 0.15) is 17.0 Å². The average Bonchev–Trinajstić information content (AvgIpc) is 3.14. The molecule has 1 fully saturated rings. The van der Waals surface area contributed by atoms with E-state index in [1.165, 1.54) is 6.07 Å². The highest BCUT2D eigenvalue weighted by Gasteiger charge is 2.59. The Hall–Kier alpha value is -1.82. The Bertz CT molecular complexity index is 1120. The average molecular weight is 580 g/mol. The summed E-state index contributed by atoms with van der Waals surface area (Å²) in [6.45, 7) is 5.83. The number of hydrogen-bond acceptors (Lipinski definition) is 5. The molecule has 0 radical (unpaired) electrons. The Kier molecular flexibility index (Phi) is 9.35. The van der Waals surface area contributed by atoms with E-state index in [1.54, 1.807) is 12.1 Å². The molecule has 1 aliphatic heterocycles. The molecule has 36 heavy (non-hydrogen) atoms. The molecule has 8 heteroatoms. The number of benzene rings is 2. The van der Waals surface area contributed by atoms with Crippen molar-refractivity contribution in [1.29, 1.82) is 5.26 Å². The monoisotopic (exact) mass is 578 g/mol. The highest BCUT2D eigenvalue weighted by Crippen LogP contribution is 2.52. The van der Waals surface area contributed by atoms with Gasteiger partial charge in [-0.1, -0.05) is 72.6 Å². The van der Waals surface area contributed by atoms with E-state index in [9.17, 15) is 15.2 Å². The number of rotatable bonds is 9. The molecule has 2 aromatic carbocycles. The number of carbonyl (C=O) groups is 1. The van der Waals surface area contributed by atoms with E-state index in [4.69, 9.17) is 16.7 Å². The molecule has 3 rings (SSSR count). The summed E-state index contributed by atoms with van der Waals surface area (Å²) in [5, 5.41) is 33.0. The Balaban J connectivity index is 2.19. The van der Waals surface area contributed by atoms with Crippen LogP contribution in [0.25, 0.3) is 0 Å². The molecule has 1 saturated heterocycles. The van der Waals surface area contributed by atoms with Crippen LogP contribution in [0.2, 0.25) is 5.02 Å². The summed E-state index contributed by atoms with van der Waals surface area (Å²) < 4.78 is 16.4. The highest BCUT2D eigenvalue weighted by molar-refractivity contribution is 9.10. The van der Waals surface area contributed by atoms with Gasteiger partial charge < -0.3 is 15.5 Å². The van der Waals surface area contributed by atoms with Crippen molar-refractivity contribution in [2.45, 2.75) is 76.0 Å². The van der Waals surface area contributed by atoms with Crippen molar-refractivity contribution in [3.05, 3.63) is 68.9 Å². The maximum absolute atomic E-state index is 15.6. The van der Waals surface area contributed by atoms with Crippen molar-refractivity contribution in [2.24, 2.45) is 5.41 Å². The van der Waals surface area contributed by atoms with Crippen LogP contribution in [0.1, 0.15) is 63.5 Å². The number of carbonyl (C=O) groups excluding carboxylic acids is 1. The van der Waals surface area contributed by atoms with Crippen molar-refractivity contribution < 1.29 is 19.4 Å². The number of nitriles is 1. The standard InChI is InChI=1S/C28H33BrClFN2O3/c1-27(2,3)14-23-28(16-32,17-10-12-18(29)13-11-17)24(20-7-5-8-21(30)25(20)31)26(33-23)22(36)9-4-6-19(35)15-34/h5,7-8,10-13,19,23-24,26,33-35H,4,6,9,14-15H2,1-3H3/t19-,23-,24-,26-,28-/m0/s1. The molecular weight excluding hydrogens is 547 g/mol. The number of ketones is 1. The van der Waals surface area contributed by atoms with Crippen LogP contribution < -0.4 is 5.32 Å². The first-order chi connectivity index (χ1) is 16.9. The van der Waals surface area contributed by atoms with Gasteiger partial charge in [0, 0.05) is 22.9 Å². The summed E-state index contributed by atoms with van der Waals surface area (Å²) in [5.74, 6) is -1.63. The molecule has 0 unspecified atom stereocenters. The summed E-state index contributed by atoms with van der Waals surface area (Å²) in [7, 11) is 0. The minimum atomic E-state index is -1.25. The molecular formula is C28H33BrClFN2O3. The molecule has 5 atom stereocenters. The lowest BCUT2D eigenvalue weighted by Crippen LogP contribution is -2.44. The maximum atomic E-state index is 15.6. The van der Waals surface area contributed by atoms with Gasteiger partial charge in [0.25, 0.3) is 0 Å². The van der Waals surface area contributed by atoms with E-state index in [-0.39, 0.29) is 41.2 Å². The molecule has 0 aliphatic carbocycles. The van der Waals surface area contributed by atoms with Gasteiger partial charge in [0.05, 0.1) is 29.8 Å². The molecule has 194 valence electrons. The van der Waals surface area contributed by atoms with Gasteiger partial charge in [0.2, 0.25) is 0 Å². The van der Waals surface area contributed by atoms with Crippen LogP contribution in [0.5, 0.6) is 0 Å². The third-order valence-electron chi connectivity index (χ3n) is 6.91. The predicted molar refractivity (Wildman–Crippen MR) is 142 cm³/mol. The molecule has 2 aromatic rings. The number of nitrogens with zero attached hydrogens (tertiary/aromatic N) is 1. The van der Waals surface area contributed by atoms with Crippen LogP contribution in [-0.2, 0) is 10.2 Å². The first-order valence-electron chi connectivity index (χ1n) is 12.1. The van der Waals surface area contributed by atoms with Gasteiger partial charge in [-0.25, -0.2) is 4.39 Å². The first kappa shape index (κ1) is 28.7. The van der Waals surface area contributed by atoms with E-state index in [1.807, 2.05) is 24.3 Å². The quantitative estimate of drug-likeness (QED) is 0.357. The third kappa shape index (κ3) is 6.00. The van der Waals surface area contributed by atoms with Crippen LogP contribution in [0, 0.1) is 22.6 Å². The van der Waals surface area contributed by atoms with Crippen molar-refractivity contribution in [2.75, 3.05) is 6.61 Å². The van der Waals surface area contributed by atoms with Crippen LogP contribution in [0.3, 0.4) is 0 Å². The summed E-state index contributed by atoms with van der Waals surface area (Å²) in [6.07, 6.45) is 0.433. The molecule has 1 aliphatic rings. The molecule has 5 nitrogen and oxygen atoms in total. The lowest BCUT2D eigenvalue weighted by Gasteiger charge is -2.37. The van der Waals surface area contributed by atoms with E-state index in [0.717, 1.165) is 4.47 Å². The fourth-order valence-electron chi connectivity index (χ4n) is 5.30. The maximum Gasteiger partial charge on any atom is 0.150 e. The van der Waals surface area contributed by atoms with Gasteiger partial charge in [-0.2, -0.15) is 5.26 Å². The molecule has 1 heterocycles. The van der Waals surface area contributed by atoms with Crippen LogP contribution in [0.15, 0.2) is 46.9 Å². The normalized spacial score (nSPS) is 24.9. The third-order valence-corrected chi connectivity index (χ3v) is 7.73. The predicted octanol–water partition coefficient (Wildman–Crippen LogP) is 5.66. The number of aliphatic hydroxyl groups excluding tert-OH is 2. The smallest absolute Gasteiger partial charge is 0.150 e. The van der Waals surface area contributed by atoms with Gasteiger partial charge in [-0.3, -0.25) is 4.79 Å². The number of halogens is 3. The van der Waals surface area contributed by atoms with E-state index >= 15 is 4.39 Å². The van der Waals surface area contributed by atoms with Gasteiger partial charge in [-0.05, 0) is 54.0 Å². The summed E-state index contributed by atoms with van der Waals surface area (Å²) >= 11 is 9.63. The molecule has 0 spiro atoms. The summed E-state index contributed by atoms with van der Waals surface area (Å²) in [6, 6.07) is 13.4. The van der Waals surface area contributed by atoms with Gasteiger partial charge >= 0.3 is 0 Å². The summed E-state index contributed by atoms with van der Waals surface area (Å²) in [4.78, 5) is 13.6. The second kappa shape index (κ2) is 11.7. The minimum Gasteiger partial charge on any atom is -0.394 e. The van der Waals surface area contributed by atoms with Crippen molar-refractivity contribution in [3.8, 4) is 6.07 Å². The lowest BCUT2D eigenvalue weighted by atomic mass is 9.62. The fraction of sp³-hybridized carbons (Fsp3) is 0.500. The largest absolute Gasteiger partial charge is 0.394 e. The second-order valence-electron chi connectivity index (χ2n) is 10.8. The first-order valence-corrected chi connectivity index (χ1v) is 13.3. The van der Waals surface area contributed by atoms with Crippen LogP contribution in [0.4, 0.5) is 4.39 Å². The number of aliphatic hydroxyl groups is 2. The second-order valence-corrected chi connectivity index (χ2v) is 12.1.